The molecule has 0 fully saturated rings. The molecule has 140 valence electrons. The van der Waals surface area contributed by atoms with Crippen LogP contribution in [0.1, 0.15) is 11.1 Å². The molecule has 0 amide bonds. The predicted molar refractivity (Wildman–Crippen MR) is 119 cm³/mol. The number of rotatable bonds is 6. The van der Waals surface area contributed by atoms with Gasteiger partial charge in [0.15, 0.2) is 0 Å². The average molecular weight is 408 g/mol. The molecule has 0 aliphatic rings. The molecule has 0 aromatic heterocycles. The first-order valence-corrected chi connectivity index (χ1v) is 9.82. The Morgan fingerprint density at radius 1 is 0.786 bits per heavy atom. The van der Waals surface area contributed by atoms with Crippen LogP contribution in [0.15, 0.2) is 84.9 Å². The van der Waals surface area contributed by atoms with Crippen molar-refractivity contribution in [1.29, 1.82) is 0 Å². The van der Waals surface area contributed by atoms with E-state index in [-0.39, 0.29) is 0 Å². The van der Waals surface area contributed by atoms with E-state index in [2.05, 4.69) is 53.8 Å². The molecule has 0 saturated carbocycles. The van der Waals surface area contributed by atoms with Gasteiger partial charge in [0.25, 0.3) is 0 Å². The summed E-state index contributed by atoms with van der Waals surface area (Å²) in [5, 5.41) is 7.21. The van der Waals surface area contributed by atoms with Crippen LogP contribution in [-0.2, 0) is 13.2 Å². The molecule has 4 rings (SSSR count). The number of hydrogen-bond donors (Lipinski definition) is 1. The number of anilines is 1. The SMILES string of the molecule is Clc1ccc(COc2cccc(CNc3cccc4ccccc34)c2)c(Cl)c1. The molecule has 1 N–H and O–H groups in total. The molecule has 4 heteroatoms. The molecule has 0 bridgehead atoms. The van der Waals surface area contributed by atoms with Crippen molar-refractivity contribution < 1.29 is 4.74 Å². The number of benzene rings is 4. The Morgan fingerprint density at radius 3 is 2.50 bits per heavy atom. The summed E-state index contributed by atoms with van der Waals surface area (Å²) in [7, 11) is 0. The fourth-order valence-corrected chi connectivity index (χ4v) is 3.58. The van der Waals surface area contributed by atoms with Gasteiger partial charge in [-0.15, -0.1) is 0 Å². The lowest BCUT2D eigenvalue weighted by Crippen LogP contribution is -2.01. The third-order valence-corrected chi connectivity index (χ3v) is 5.17. The lowest BCUT2D eigenvalue weighted by atomic mass is 10.1. The lowest BCUT2D eigenvalue weighted by molar-refractivity contribution is 0.306. The van der Waals surface area contributed by atoms with Gasteiger partial charge in [-0.05, 0) is 41.3 Å². The second-order valence-corrected chi connectivity index (χ2v) is 7.40. The molecular weight excluding hydrogens is 389 g/mol. The van der Waals surface area contributed by atoms with Gasteiger partial charge in [-0.1, -0.05) is 77.8 Å². The molecule has 0 saturated heterocycles. The van der Waals surface area contributed by atoms with Crippen molar-refractivity contribution in [2.75, 3.05) is 5.32 Å². The molecule has 4 aromatic rings. The highest BCUT2D eigenvalue weighted by Gasteiger charge is 2.04. The van der Waals surface area contributed by atoms with Gasteiger partial charge in [0.05, 0.1) is 0 Å². The Kier molecular flexibility index (Phi) is 5.70. The maximum absolute atomic E-state index is 6.22. The van der Waals surface area contributed by atoms with E-state index in [1.807, 2.05) is 30.3 Å². The van der Waals surface area contributed by atoms with Crippen LogP contribution in [0.5, 0.6) is 5.75 Å². The zero-order chi connectivity index (χ0) is 19.3. The second-order valence-electron chi connectivity index (χ2n) is 6.55. The van der Waals surface area contributed by atoms with Crippen LogP contribution >= 0.6 is 23.2 Å². The van der Waals surface area contributed by atoms with Crippen molar-refractivity contribution in [3.63, 3.8) is 0 Å². The van der Waals surface area contributed by atoms with Crippen molar-refractivity contribution in [3.8, 4) is 5.75 Å². The maximum Gasteiger partial charge on any atom is 0.120 e. The van der Waals surface area contributed by atoms with Crippen molar-refractivity contribution in [2.24, 2.45) is 0 Å². The summed E-state index contributed by atoms with van der Waals surface area (Å²) < 4.78 is 5.92. The topological polar surface area (TPSA) is 21.3 Å². The van der Waals surface area contributed by atoms with E-state index in [1.165, 1.54) is 10.8 Å². The number of nitrogens with one attached hydrogen (secondary N) is 1. The van der Waals surface area contributed by atoms with Gasteiger partial charge >= 0.3 is 0 Å². The highest BCUT2D eigenvalue weighted by atomic mass is 35.5. The summed E-state index contributed by atoms with van der Waals surface area (Å²) in [6.45, 7) is 1.11. The van der Waals surface area contributed by atoms with Crippen molar-refractivity contribution in [1.82, 2.24) is 0 Å². The molecule has 28 heavy (non-hydrogen) atoms. The first-order chi connectivity index (χ1) is 13.7. The fourth-order valence-electron chi connectivity index (χ4n) is 3.12. The van der Waals surface area contributed by atoms with Crippen LogP contribution in [0.25, 0.3) is 10.8 Å². The number of ether oxygens (including phenoxy) is 1. The van der Waals surface area contributed by atoms with E-state index in [0.717, 1.165) is 22.6 Å². The molecule has 0 atom stereocenters. The summed E-state index contributed by atoms with van der Waals surface area (Å²) in [5.74, 6) is 0.809. The normalized spacial score (nSPS) is 10.8. The van der Waals surface area contributed by atoms with Gasteiger partial charge in [0.2, 0.25) is 0 Å². The zero-order valence-electron chi connectivity index (χ0n) is 15.2. The molecular formula is C24H19Cl2NO. The molecule has 0 spiro atoms. The minimum absolute atomic E-state index is 0.399. The first kappa shape index (κ1) is 18.7. The Morgan fingerprint density at radius 2 is 1.61 bits per heavy atom. The molecule has 0 radical (unpaired) electrons. The van der Waals surface area contributed by atoms with Crippen LogP contribution < -0.4 is 10.1 Å². The Labute approximate surface area is 174 Å². The van der Waals surface area contributed by atoms with Gasteiger partial charge in [0.1, 0.15) is 12.4 Å². The van der Waals surface area contributed by atoms with Crippen molar-refractivity contribution in [3.05, 3.63) is 106 Å². The van der Waals surface area contributed by atoms with Crippen LogP contribution in [0.4, 0.5) is 5.69 Å². The highest BCUT2D eigenvalue weighted by molar-refractivity contribution is 6.35. The molecule has 0 aliphatic carbocycles. The summed E-state index contributed by atoms with van der Waals surface area (Å²) in [6, 6.07) is 28.2. The summed E-state index contributed by atoms with van der Waals surface area (Å²) in [6.07, 6.45) is 0. The average Bonchev–Trinajstić information content (AvgIpc) is 2.72. The summed E-state index contributed by atoms with van der Waals surface area (Å²) >= 11 is 12.2. The monoisotopic (exact) mass is 407 g/mol. The van der Waals surface area contributed by atoms with Crippen LogP contribution in [0.2, 0.25) is 10.0 Å². The largest absolute Gasteiger partial charge is 0.489 e. The standard InChI is InChI=1S/C24H19Cl2NO/c25-20-12-11-19(23(26)14-20)16-28-21-8-3-5-17(13-21)15-27-24-10-4-7-18-6-1-2-9-22(18)24/h1-14,27H,15-16H2. The van der Waals surface area contributed by atoms with E-state index in [4.69, 9.17) is 27.9 Å². The maximum atomic E-state index is 6.22. The number of hydrogen-bond acceptors (Lipinski definition) is 2. The second kappa shape index (κ2) is 8.55. The zero-order valence-corrected chi connectivity index (χ0v) is 16.7. The summed E-state index contributed by atoms with van der Waals surface area (Å²) in [5.41, 5.74) is 3.18. The molecule has 0 unspecified atom stereocenters. The Bertz CT molecular complexity index is 1110. The van der Waals surface area contributed by atoms with Crippen LogP contribution in [-0.4, -0.2) is 0 Å². The Balaban J connectivity index is 1.43. The van der Waals surface area contributed by atoms with Gasteiger partial charge < -0.3 is 10.1 Å². The van der Waals surface area contributed by atoms with Crippen LogP contribution in [0.3, 0.4) is 0 Å². The third kappa shape index (κ3) is 4.41. The van der Waals surface area contributed by atoms with E-state index in [9.17, 15) is 0 Å². The Hall–Kier alpha value is -2.68. The van der Waals surface area contributed by atoms with Gasteiger partial charge in [0, 0.05) is 33.2 Å². The predicted octanol–water partition coefficient (Wildman–Crippen LogP) is 7.34. The van der Waals surface area contributed by atoms with Crippen molar-refractivity contribution >= 4 is 39.7 Å². The van der Waals surface area contributed by atoms with Gasteiger partial charge in [-0.2, -0.15) is 0 Å². The van der Waals surface area contributed by atoms with Gasteiger partial charge in [-0.25, -0.2) is 0 Å². The van der Waals surface area contributed by atoms with E-state index in [1.54, 1.807) is 6.07 Å². The van der Waals surface area contributed by atoms with E-state index >= 15 is 0 Å². The minimum atomic E-state index is 0.399. The number of halogens is 2. The fraction of sp³-hybridized carbons (Fsp3) is 0.0833. The smallest absolute Gasteiger partial charge is 0.120 e. The van der Waals surface area contributed by atoms with E-state index in [0.29, 0.717) is 23.2 Å². The van der Waals surface area contributed by atoms with Crippen LogP contribution in [0, 0.1) is 0 Å². The van der Waals surface area contributed by atoms with Crippen molar-refractivity contribution in [2.45, 2.75) is 13.2 Å². The molecule has 2 nitrogen and oxygen atoms in total. The minimum Gasteiger partial charge on any atom is -0.489 e. The lowest BCUT2D eigenvalue weighted by Gasteiger charge is -2.12. The van der Waals surface area contributed by atoms with E-state index < -0.39 is 0 Å². The third-order valence-electron chi connectivity index (χ3n) is 4.58. The number of fused-ring (bicyclic) bond motifs is 1. The highest BCUT2D eigenvalue weighted by Crippen LogP contribution is 2.25. The molecule has 4 aromatic carbocycles. The quantitative estimate of drug-likeness (QED) is 0.360. The van der Waals surface area contributed by atoms with Gasteiger partial charge in [-0.3, -0.25) is 0 Å². The molecule has 0 aliphatic heterocycles. The summed E-state index contributed by atoms with van der Waals surface area (Å²) in [4.78, 5) is 0. The molecule has 0 heterocycles. The first-order valence-electron chi connectivity index (χ1n) is 9.06.